The fraction of sp³-hybridized carbons (Fsp3) is 0.765. The van der Waals surface area contributed by atoms with E-state index in [2.05, 4.69) is 32.2 Å². The van der Waals surface area contributed by atoms with E-state index in [1.807, 2.05) is 11.3 Å². The van der Waals surface area contributed by atoms with Crippen molar-refractivity contribution in [3.8, 4) is 0 Å². The highest BCUT2D eigenvalue weighted by Crippen LogP contribution is 2.51. The fourth-order valence-corrected chi connectivity index (χ4v) is 5.63. The molecule has 0 radical (unpaired) electrons. The van der Waals surface area contributed by atoms with E-state index in [1.54, 1.807) is 4.88 Å². The van der Waals surface area contributed by atoms with Crippen LogP contribution in [0.15, 0.2) is 6.07 Å². The molecule has 1 N–H and O–H groups in total. The first-order valence-electron chi connectivity index (χ1n) is 7.97. The summed E-state index contributed by atoms with van der Waals surface area (Å²) < 4.78 is 0. The van der Waals surface area contributed by atoms with Crippen LogP contribution in [-0.4, -0.2) is 6.54 Å². The minimum atomic E-state index is 0.605. The van der Waals surface area contributed by atoms with Gasteiger partial charge in [-0.3, -0.25) is 0 Å². The quantitative estimate of drug-likeness (QED) is 0.812. The Balaban J connectivity index is 1.72. The molecule has 0 spiro atoms. The van der Waals surface area contributed by atoms with E-state index >= 15 is 0 Å². The molecule has 106 valence electrons. The smallest absolute Gasteiger partial charge is 0.0420 e. The lowest BCUT2D eigenvalue weighted by Crippen LogP contribution is -2.25. The van der Waals surface area contributed by atoms with Crippen molar-refractivity contribution in [3.63, 3.8) is 0 Å². The Morgan fingerprint density at radius 3 is 2.68 bits per heavy atom. The van der Waals surface area contributed by atoms with Crippen molar-refractivity contribution < 1.29 is 0 Å². The number of rotatable bonds is 5. The van der Waals surface area contributed by atoms with Crippen molar-refractivity contribution in [1.82, 2.24) is 5.32 Å². The van der Waals surface area contributed by atoms with E-state index in [0.717, 1.165) is 24.3 Å². The molecule has 2 saturated carbocycles. The van der Waals surface area contributed by atoms with E-state index in [-0.39, 0.29) is 0 Å². The Labute approximate surface area is 121 Å². The van der Waals surface area contributed by atoms with Crippen LogP contribution in [0.3, 0.4) is 0 Å². The predicted molar refractivity (Wildman–Crippen MR) is 83.8 cm³/mol. The van der Waals surface area contributed by atoms with E-state index in [4.69, 9.17) is 0 Å². The first kappa shape index (κ1) is 13.6. The van der Waals surface area contributed by atoms with Gasteiger partial charge in [0.1, 0.15) is 0 Å². The molecule has 1 aromatic rings. The molecule has 1 heterocycles. The average molecular weight is 277 g/mol. The largest absolute Gasteiger partial charge is 0.310 e. The summed E-state index contributed by atoms with van der Waals surface area (Å²) in [6.45, 7) is 7.84. The Morgan fingerprint density at radius 1 is 1.32 bits per heavy atom. The molecule has 2 aliphatic rings. The van der Waals surface area contributed by atoms with Crippen molar-refractivity contribution in [1.29, 1.82) is 0 Å². The van der Waals surface area contributed by atoms with E-state index in [9.17, 15) is 0 Å². The molecular formula is C17H27NS. The molecule has 2 bridgehead atoms. The number of hydrogen-bond donors (Lipinski definition) is 1. The van der Waals surface area contributed by atoms with Crippen LogP contribution in [0, 0.1) is 31.6 Å². The molecule has 0 aliphatic heterocycles. The van der Waals surface area contributed by atoms with E-state index < -0.39 is 0 Å². The zero-order chi connectivity index (χ0) is 13.4. The Kier molecular flexibility index (Phi) is 4.00. The van der Waals surface area contributed by atoms with Gasteiger partial charge in [-0.15, -0.1) is 11.3 Å². The maximum Gasteiger partial charge on any atom is 0.0420 e. The highest BCUT2D eigenvalue weighted by molar-refractivity contribution is 7.12. The van der Waals surface area contributed by atoms with Crippen LogP contribution < -0.4 is 5.32 Å². The topological polar surface area (TPSA) is 12.0 Å². The Bertz CT molecular complexity index is 436. The molecule has 19 heavy (non-hydrogen) atoms. The minimum Gasteiger partial charge on any atom is -0.310 e. The van der Waals surface area contributed by atoms with Crippen molar-refractivity contribution >= 4 is 11.3 Å². The molecule has 3 rings (SSSR count). The van der Waals surface area contributed by atoms with Crippen LogP contribution in [-0.2, 0) is 0 Å². The standard InChI is InChI=1S/C17H27NS/c1-4-18-16(17-11(2)7-12(3)19-17)10-15-9-13-5-6-14(15)8-13/h7,13-16,18H,4-6,8-10H2,1-3H3. The van der Waals surface area contributed by atoms with Gasteiger partial charge in [0.05, 0.1) is 0 Å². The zero-order valence-electron chi connectivity index (χ0n) is 12.5. The van der Waals surface area contributed by atoms with Crippen LogP contribution in [0.1, 0.15) is 60.4 Å². The van der Waals surface area contributed by atoms with Gasteiger partial charge in [0.25, 0.3) is 0 Å². The van der Waals surface area contributed by atoms with Crippen molar-refractivity contribution in [2.24, 2.45) is 17.8 Å². The van der Waals surface area contributed by atoms with Crippen LogP contribution >= 0.6 is 11.3 Å². The third-order valence-electron chi connectivity index (χ3n) is 5.27. The Hall–Kier alpha value is -0.340. The van der Waals surface area contributed by atoms with Gasteiger partial charge in [-0.05, 0) is 75.5 Å². The van der Waals surface area contributed by atoms with Gasteiger partial charge in [-0.2, -0.15) is 0 Å². The van der Waals surface area contributed by atoms with Crippen LogP contribution in [0.25, 0.3) is 0 Å². The van der Waals surface area contributed by atoms with Gasteiger partial charge in [-0.25, -0.2) is 0 Å². The highest BCUT2D eigenvalue weighted by Gasteiger charge is 2.40. The lowest BCUT2D eigenvalue weighted by atomic mass is 9.83. The summed E-state index contributed by atoms with van der Waals surface area (Å²) in [6, 6.07) is 2.96. The summed E-state index contributed by atoms with van der Waals surface area (Å²) in [6.07, 6.45) is 7.44. The average Bonchev–Trinajstić information content (AvgIpc) is 3.04. The van der Waals surface area contributed by atoms with E-state index in [1.165, 1.54) is 42.5 Å². The fourth-order valence-electron chi connectivity index (χ4n) is 4.50. The van der Waals surface area contributed by atoms with Crippen LogP contribution in [0.5, 0.6) is 0 Å². The molecule has 2 heteroatoms. The van der Waals surface area contributed by atoms with Crippen molar-refractivity contribution in [2.75, 3.05) is 6.54 Å². The second kappa shape index (κ2) is 5.57. The molecular weight excluding hydrogens is 250 g/mol. The molecule has 0 aromatic carbocycles. The molecule has 0 saturated heterocycles. The number of nitrogens with one attached hydrogen (secondary N) is 1. The molecule has 4 atom stereocenters. The van der Waals surface area contributed by atoms with Gasteiger partial charge >= 0.3 is 0 Å². The predicted octanol–water partition coefficient (Wildman–Crippen LogP) is 4.84. The van der Waals surface area contributed by atoms with Crippen LogP contribution in [0.4, 0.5) is 0 Å². The molecule has 0 amide bonds. The maximum absolute atomic E-state index is 3.75. The van der Waals surface area contributed by atoms with Crippen LogP contribution in [0.2, 0.25) is 0 Å². The summed E-state index contributed by atoms with van der Waals surface area (Å²) in [5.41, 5.74) is 1.50. The van der Waals surface area contributed by atoms with Crippen molar-refractivity contribution in [3.05, 3.63) is 21.4 Å². The summed E-state index contributed by atoms with van der Waals surface area (Å²) in [7, 11) is 0. The summed E-state index contributed by atoms with van der Waals surface area (Å²) >= 11 is 2.00. The first-order valence-corrected chi connectivity index (χ1v) is 8.79. The monoisotopic (exact) mass is 277 g/mol. The zero-order valence-corrected chi connectivity index (χ0v) is 13.4. The summed E-state index contributed by atoms with van der Waals surface area (Å²) in [5, 5.41) is 3.75. The van der Waals surface area contributed by atoms with Gasteiger partial charge in [0.15, 0.2) is 0 Å². The molecule has 1 aromatic heterocycles. The SMILES string of the molecule is CCNC(CC1CC2CCC1C2)c1sc(C)cc1C. The second-order valence-corrected chi connectivity index (χ2v) is 7.97. The summed E-state index contributed by atoms with van der Waals surface area (Å²) in [4.78, 5) is 3.06. The molecule has 1 nitrogen and oxygen atoms in total. The van der Waals surface area contributed by atoms with Crippen molar-refractivity contribution in [2.45, 2.75) is 58.9 Å². The normalized spacial score (nSPS) is 31.0. The van der Waals surface area contributed by atoms with E-state index in [0.29, 0.717) is 6.04 Å². The highest BCUT2D eigenvalue weighted by atomic mass is 32.1. The second-order valence-electron chi connectivity index (χ2n) is 6.69. The summed E-state index contributed by atoms with van der Waals surface area (Å²) in [5.74, 6) is 3.11. The molecule has 2 aliphatic carbocycles. The molecule has 4 unspecified atom stereocenters. The van der Waals surface area contributed by atoms with Gasteiger partial charge < -0.3 is 5.32 Å². The van der Waals surface area contributed by atoms with Gasteiger partial charge in [0, 0.05) is 15.8 Å². The lowest BCUT2D eigenvalue weighted by Gasteiger charge is -2.27. The Morgan fingerprint density at radius 2 is 2.16 bits per heavy atom. The number of thiophene rings is 1. The van der Waals surface area contributed by atoms with Gasteiger partial charge in [-0.1, -0.05) is 13.3 Å². The molecule has 2 fully saturated rings. The number of hydrogen-bond acceptors (Lipinski definition) is 2. The minimum absolute atomic E-state index is 0.605. The number of fused-ring (bicyclic) bond motifs is 2. The number of aryl methyl sites for hydroxylation is 2. The third kappa shape index (κ3) is 2.75. The maximum atomic E-state index is 3.75. The lowest BCUT2D eigenvalue weighted by molar-refractivity contribution is 0.282. The van der Waals surface area contributed by atoms with Gasteiger partial charge in [0.2, 0.25) is 0 Å². The third-order valence-corrected chi connectivity index (χ3v) is 6.54. The first-order chi connectivity index (χ1) is 9.17.